The molecular formula is C11H18N2O3. The zero-order valence-electron chi connectivity index (χ0n) is 9.93. The first-order chi connectivity index (χ1) is 7.61. The normalized spacial score (nSPS) is 10.8. The molecule has 1 N–H and O–H groups in total. The van der Waals surface area contributed by atoms with Crippen molar-refractivity contribution in [2.24, 2.45) is 0 Å². The van der Waals surface area contributed by atoms with E-state index in [9.17, 15) is 4.79 Å². The van der Waals surface area contributed by atoms with Crippen LogP contribution in [0.5, 0.6) is 5.75 Å². The average molecular weight is 226 g/mol. The second kappa shape index (κ2) is 5.65. The number of carbonyl (C=O) groups is 1. The summed E-state index contributed by atoms with van der Waals surface area (Å²) in [4.78, 5) is 11.9. The Labute approximate surface area is 95.0 Å². The summed E-state index contributed by atoms with van der Waals surface area (Å²) in [6, 6.07) is 0.108. The fraction of sp³-hybridized carbons (Fsp3) is 0.636. The van der Waals surface area contributed by atoms with Crippen LogP contribution in [0.2, 0.25) is 0 Å². The molecule has 0 bridgehead atoms. The van der Waals surface area contributed by atoms with E-state index >= 15 is 0 Å². The third-order valence-electron chi connectivity index (χ3n) is 2.30. The lowest BCUT2D eigenvalue weighted by Gasteiger charge is -2.10. The van der Waals surface area contributed by atoms with Crippen LogP contribution in [0.1, 0.15) is 43.2 Å². The van der Waals surface area contributed by atoms with Gasteiger partial charge >= 0.3 is 0 Å². The summed E-state index contributed by atoms with van der Waals surface area (Å²) in [7, 11) is 1.52. The third kappa shape index (κ3) is 2.61. The number of nitrogens with zero attached hydrogens (tertiary/aromatic N) is 2. The van der Waals surface area contributed by atoms with Crippen molar-refractivity contribution >= 4 is 5.78 Å². The van der Waals surface area contributed by atoms with Crippen LogP contribution in [0, 0.1) is 0 Å². The number of methoxy groups -OCH3 is 1. The molecule has 0 radical (unpaired) electrons. The van der Waals surface area contributed by atoms with E-state index in [0.717, 1.165) is 0 Å². The molecule has 5 heteroatoms. The van der Waals surface area contributed by atoms with Gasteiger partial charge in [-0.1, -0.05) is 0 Å². The number of hydrogen-bond acceptors (Lipinski definition) is 4. The van der Waals surface area contributed by atoms with Crippen molar-refractivity contribution in [1.82, 2.24) is 9.78 Å². The van der Waals surface area contributed by atoms with Gasteiger partial charge in [0.2, 0.25) is 0 Å². The molecule has 0 fully saturated rings. The van der Waals surface area contributed by atoms with Crippen LogP contribution >= 0.6 is 0 Å². The number of carbonyl (C=O) groups excluding carboxylic acids is 1. The van der Waals surface area contributed by atoms with E-state index in [2.05, 4.69) is 5.10 Å². The molecule has 0 atom stereocenters. The fourth-order valence-corrected chi connectivity index (χ4v) is 1.51. The Balaban J connectivity index is 2.98. The highest BCUT2D eigenvalue weighted by Gasteiger charge is 2.20. The lowest BCUT2D eigenvalue weighted by molar-refractivity contribution is 0.0955. The molecule has 5 nitrogen and oxygen atoms in total. The van der Waals surface area contributed by atoms with Crippen molar-refractivity contribution in [3.63, 3.8) is 0 Å². The van der Waals surface area contributed by atoms with E-state index < -0.39 is 0 Å². The Morgan fingerprint density at radius 3 is 2.81 bits per heavy atom. The first-order valence-electron chi connectivity index (χ1n) is 5.37. The molecule has 0 aliphatic rings. The van der Waals surface area contributed by atoms with Gasteiger partial charge in [0, 0.05) is 19.1 Å². The standard InChI is InChI=1S/C11H18N2O3/c1-8(2)13-11(9(15)5-4-6-14)10(16-3)7-12-13/h7-8,14H,4-6H2,1-3H3. The number of aliphatic hydroxyl groups excluding tert-OH is 1. The van der Waals surface area contributed by atoms with Crippen LogP contribution in [-0.2, 0) is 0 Å². The fourth-order valence-electron chi connectivity index (χ4n) is 1.51. The first-order valence-corrected chi connectivity index (χ1v) is 5.37. The zero-order valence-corrected chi connectivity index (χ0v) is 9.93. The van der Waals surface area contributed by atoms with Gasteiger partial charge in [0.25, 0.3) is 0 Å². The molecule has 1 aromatic rings. The average Bonchev–Trinajstić information content (AvgIpc) is 2.69. The van der Waals surface area contributed by atoms with Crippen LogP contribution in [0.25, 0.3) is 0 Å². The van der Waals surface area contributed by atoms with E-state index in [1.165, 1.54) is 7.11 Å². The monoisotopic (exact) mass is 226 g/mol. The number of aromatic nitrogens is 2. The van der Waals surface area contributed by atoms with Crippen LogP contribution in [-0.4, -0.2) is 34.4 Å². The van der Waals surface area contributed by atoms with Crippen molar-refractivity contribution in [2.75, 3.05) is 13.7 Å². The van der Waals surface area contributed by atoms with E-state index in [-0.39, 0.29) is 18.4 Å². The Morgan fingerprint density at radius 1 is 1.62 bits per heavy atom. The predicted molar refractivity (Wildman–Crippen MR) is 59.8 cm³/mol. The molecule has 1 heterocycles. The van der Waals surface area contributed by atoms with Gasteiger partial charge in [-0.3, -0.25) is 9.48 Å². The van der Waals surface area contributed by atoms with E-state index in [0.29, 0.717) is 24.3 Å². The quantitative estimate of drug-likeness (QED) is 0.745. The molecule has 0 saturated heterocycles. The van der Waals surface area contributed by atoms with Gasteiger partial charge in [-0.15, -0.1) is 0 Å². The van der Waals surface area contributed by atoms with Gasteiger partial charge < -0.3 is 9.84 Å². The minimum atomic E-state index is -0.0444. The SMILES string of the molecule is COc1cnn(C(C)C)c1C(=O)CCCO. The molecule has 0 aromatic carbocycles. The summed E-state index contributed by atoms with van der Waals surface area (Å²) in [6.07, 6.45) is 2.32. The van der Waals surface area contributed by atoms with Gasteiger partial charge in [-0.2, -0.15) is 5.10 Å². The van der Waals surface area contributed by atoms with E-state index in [1.807, 2.05) is 13.8 Å². The lowest BCUT2D eigenvalue weighted by Crippen LogP contribution is -2.13. The molecule has 0 aliphatic heterocycles. The second-order valence-corrected chi connectivity index (χ2v) is 3.85. The first kappa shape index (κ1) is 12.7. The summed E-state index contributed by atoms with van der Waals surface area (Å²) >= 11 is 0. The highest BCUT2D eigenvalue weighted by Crippen LogP contribution is 2.22. The maximum Gasteiger partial charge on any atom is 0.184 e. The maximum absolute atomic E-state index is 11.9. The van der Waals surface area contributed by atoms with E-state index in [4.69, 9.17) is 9.84 Å². The molecule has 0 amide bonds. The van der Waals surface area contributed by atoms with Crippen molar-refractivity contribution < 1.29 is 14.6 Å². The third-order valence-corrected chi connectivity index (χ3v) is 2.30. The van der Waals surface area contributed by atoms with Crippen LogP contribution in [0.4, 0.5) is 0 Å². The van der Waals surface area contributed by atoms with Crippen molar-refractivity contribution in [1.29, 1.82) is 0 Å². The minimum absolute atomic E-state index is 0.0177. The van der Waals surface area contributed by atoms with Gasteiger partial charge in [0.05, 0.1) is 13.3 Å². The van der Waals surface area contributed by atoms with Crippen LogP contribution in [0.3, 0.4) is 0 Å². The van der Waals surface area contributed by atoms with Gasteiger partial charge in [0.1, 0.15) is 5.69 Å². The smallest absolute Gasteiger partial charge is 0.184 e. The Bertz CT molecular complexity index is 358. The zero-order chi connectivity index (χ0) is 12.1. The molecular weight excluding hydrogens is 208 g/mol. The van der Waals surface area contributed by atoms with Crippen LogP contribution < -0.4 is 4.74 Å². The summed E-state index contributed by atoms with van der Waals surface area (Å²) < 4.78 is 6.76. The molecule has 0 unspecified atom stereocenters. The Kier molecular flexibility index (Phi) is 4.49. The second-order valence-electron chi connectivity index (χ2n) is 3.85. The van der Waals surface area contributed by atoms with Crippen molar-refractivity contribution in [3.05, 3.63) is 11.9 Å². The van der Waals surface area contributed by atoms with Crippen molar-refractivity contribution in [2.45, 2.75) is 32.7 Å². The summed E-state index contributed by atoms with van der Waals surface area (Å²) in [6.45, 7) is 3.92. The number of hydrogen-bond donors (Lipinski definition) is 1. The molecule has 1 aromatic heterocycles. The van der Waals surface area contributed by atoms with Gasteiger partial charge in [-0.25, -0.2) is 0 Å². The van der Waals surface area contributed by atoms with Crippen molar-refractivity contribution in [3.8, 4) is 5.75 Å². The topological polar surface area (TPSA) is 64.4 Å². The number of ketones is 1. The number of ether oxygens (including phenoxy) is 1. The summed E-state index contributed by atoms with van der Waals surface area (Å²) in [5.74, 6) is 0.453. The summed E-state index contributed by atoms with van der Waals surface area (Å²) in [5.41, 5.74) is 0.492. The van der Waals surface area contributed by atoms with Crippen LogP contribution in [0.15, 0.2) is 6.20 Å². The Hall–Kier alpha value is -1.36. The maximum atomic E-state index is 11.9. The predicted octanol–water partition coefficient (Wildman–Crippen LogP) is 1.43. The molecule has 1 rings (SSSR count). The highest BCUT2D eigenvalue weighted by molar-refractivity contribution is 5.97. The largest absolute Gasteiger partial charge is 0.493 e. The summed E-state index contributed by atoms with van der Waals surface area (Å²) in [5, 5.41) is 12.8. The number of rotatable bonds is 6. The molecule has 90 valence electrons. The molecule has 0 saturated carbocycles. The highest BCUT2D eigenvalue weighted by atomic mass is 16.5. The molecule has 0 aliphatic carbocycles. The number of Topliss-reactive ketones (excluding diaryl/α,β-unsaturated/α-hetero) is 1. The van der Waals surface area contributed by atoms with Gasteiger partial charge in [-0.05, 0) is 20.3 Å². The number of aliphatic hydroxyl groups is 1. The lowest BCUT2D eigenvalue weighted by atomic mass is 10.1. The Morgan fingerprint density at radius 2 is 2.31 bits per heavy atom. The van der Waals surface area contributed by atoms with Gasteiger partial charge in [0.15, 0.2) is 11.5 Å². The molecule has 16 heavy (non-hydrogen) atoms. The minimum Gasteiger partial charge on any atom is -0.493 e. The van der Waals surface area contributed by atoms with E-state index in [1.54, 1.807) is 10.9 Å². The molecule has 0 spiro atoms.